The maximum atomic E-state index is 12.9. The number of carbonyl (C=O) groups excluding carboxylic acids is 2. The molecule has 3 aliphatic rings. The van der Waals surface area contributed by atoms with Crippen LogP contribution < -0.4 is 11.1 Å². The molecule has 29 heavy (non-hydrogen) atoms. The van der Waals surface area contributed by atoms with Crippen molar-refractivity contribution in [3.8, 4) is 0 Å². The highest BCUT2D eigenvalue weighted by Crippen LogP contribution is 2.33. The molecule has 1 saturated heterocycles. The molecule has 7 heteroatoms. The number of nitrogen functional groups attached to an aromatic ring is 1. The highest BCUT2D eigenvalue weighted by molar-refractivity contribution is 6.31. The third-order valence-electron chi connectivity index (χ3n) is 6.62. The van der Waals surface area contributed by atoms with Crippen molar-refractivity contribution in [2.24, 2.45) is 17.8 Å². The highest BCUT2D eigenvalue weighted by atomic mass is 35.5. The molecule has 0 bridgehead atoms. The van der Waals surface area contributed by atoms with Crippen molar-refractivity contribution in [3.63, 3.8) is 0 Å². The summed E-state index contributed by atoms with van der Waals surface area (Å²) in [6, 6.07) is 5.47. The van der Waals surface area contributed by atoms with E-state index in [2.05, 4.69) is 5.32 Å². The minimum absolute atomic E-state index is 0.133. The second kappa shape index (κ2) is 8.82. The van der Waals surface area contributed by atoms with Crippen LogP contribution in [-0.2, 0) is 9.59 Å². The number of amides is 2. The van der Waals surface area contributed by atoms with E-state index in [-0.39, 0.29) is 17.7 Å². The fourth-order valence-electron chi connectivity index (χ4n) is 4.54. The zero-order valence-corrected chi connectivity index (χ0v) is 17.7. The largest absolute Gasteiger partial charge is 0.397 e. The standard InChI is InChI=1S/C22H31ClN4O2/c23-18-7-8-19(24)20(13-18)25-14-15-1-3-16(4-2-15)21(28)26-9-11-27(12-10-26)22(29)17-5-6-17/h7-8,13,15-17,25H,1-6,9-12,14,24H2. The van der Waals surface area contributed by atoms with Gasteiger partial charge in [0.2, 0.25) is 11.8 Å². The minimum Gasteiger partial charge on any atom is -0.397 e. The van der Waals surface area contributed by atoms with E-state index >= 15 is 0 Å². The second-order valence-electron chi connectivity index (χ2n) is 8.75. The SMILES string of the molecule is Nc1ccc(Cl)cc1NCC1CCC(C(=O)N2CCN(C(=O)C3CC3)CC2)CC1. The van der Waals surface area contributed by atoms with Crippen LogP contribution in [0.15, 0.2) is 18.2 Å². The lowest BCUT2D eigenvalue weighted by Crippen LogP contribution is -2.52. The van der Waals surface area contributed by atoms with Crippen molar-refractivity contribution < 1.29 is 9.59 Å². The van der Waals surface area contributed by atoms with Gasteiger partial charge < -0.3 is 20.9 Å². The van der Waals surface area contributed by atoms with Gasteiger partial charge in [-0.15, -0.1) is 0 Å². The van der Waals surface area contributed by atoms with Crippen LogP contribution in [0.4, 0.5) is 11.4 Å². The number of anilines is 2. The Morgan fingerprint density at radius 2 is 1.45 bits per heavy atom. The minimum atomic E-state index is 0.133. The molecule has 3 N–H and O–H groups in total. The summed E-state index contributed by atoms with van der Waals surface area (Å²) in [5.74, 6) is 1.53. The van der Waals surface area contributed by atoms with E-state index in [0.29, 0.717) is 48.7 Å². The van der Waals surface area contributed by atoms with Gasteiger partial charge >= 0.3 is 0 Å². The van der Waals surface area contributed by atoms with E-state index in [1.54, 1.807) is 6.07 Å². The van der Waals surface area contributed by atoms with Crippen LogP contribution in [0.25, 0.3) is 0 Å². The number of halogens is 1. The van der Waals surface area contributed by atoms with Gasteiger partial charge in [0.25, 0.3) is 0 Å². The van der Waals surface area contributed by atoms with E-state index in [4.69, 9.17) is 17.3 Å². The monoisotopic (exact) mass is 418 g/mol. The summed E-state index contributed by atoms with van der Waals surface area (Å²) in [5.41, 5.74) is 7.59. The van der Waals surface area contributed by atoms with Crippen LogP contribution in [-0.4, -0.2) is 54.3 Å². The smallest absolute Gasteiger partial charge is 0.225 e. The van der Waals surface area contributed by atoms with E-state index < -0.39 is 0 Å². The van der Waals surface area contributed by atoms with Crippen molar-refractivity contribution >= 4 is 34.8 Å². The van der Waals surface area contributed by atoms with Gasteiger partial charge in [-0.1, -0.05) is 11.6 Å². The third-order valence-corrected chi connectivity index (χ3v) is 6.86. The maximum absolute atomic E-state index is 12.9. The van der Waals surface area contributed by atoms with E-state index in [0.717, 1.165) is 50.8 Å². The summed E-state index contributed by atoms with van der Waals surface area (Å²) in [4.78, 5) is 29.0. The van der Waals surface area contributed by atoms with Gasteiger partial charge in [-0.2, -0.15) is 0 Å². The van der Waals surface area contributed by atoms with Crippen molar-refractivity contribution in [2.45, 2.75) is 38.5 Å². The Hall–Kier alpha value is -1.95. The molecule has 0 spiro atoms. The Labute approximate surface area is 177 Å². The average Bonchev–Trinajstić information content (AvgIpc) is 3.59. The summed E-state index contributed by atoms with van der Waals surface area (Å²) in [7, 11) is 0. The highest BCUT2D eigenvalue weighted by Gasteiger charge is 2.36. The molecule has 0 atom stereocenters. The van der Waals surface area contributed by atoms with Gasteiger partial charge in [0.1, 0.15) is 0 Å². The van der Waals surface area contributed by atoms with Crippen molar-refractivity contribution in [1.82, 2.24) is 9.80 Å². The fourth-order valence-corrected chi connectivity index (χ4v) is 4.72. The van der Waals surface area contributed by atoms with Crippen LogP contribution in [0.3, 0.4) is 0 Å². The Morgan fingerprint density at radius 1 is 0.931 bits per heavy atom. The number of hydrogen-bond acceptors (Lipinski definition) is 4. The zero-order valence-electron chi connectivity index (χ0n) is 16.9. The quantitative estimate of drug-likeness (QED) is 0.719. The van der Waals surface area contributed by atoms with E-state index in [1.807, 2.05) is 21.9 Å². The van der Waals surface area contributed by atoms with Crippen LogP contribution in [0.1, 0.15) is 38.5 Å². The molecule has 1 aromatic carbocycles. The lowest BCUT2D eigenvalue weighted by Gasteiger charge is -2.38. The van der Waals surface area contributed by atoms with Gasteiger partial charge in [0.05, 0.1) is 11.4 Å². The average molecular weight is 419 g/mol. The molecule has 1 heterocycles. The molecule has 1 aliphatic heterocycles. The Balaban J connectivity index is 1.20. The first-order valence-electron chi connectivity index (χ1n) is 10.9. The van der Waals surface area contributed by atoms with Gasteiger partial charge in [0.15, 0.2) is 0 Å². The third kappa shape index (κ3) is 4.97. The zero-order chi connectivity index (χ0) is 20.4. The number of nitrogens with one attached hydrogen (secondary N) is 1. The first-order chi connectivity index (χ1) is 14.0. The first kappa shape index (κ1) is 20.3. The number of rotatable bonds is 5. The molecule has 2 saturated carbocycles. The maximum Gasteiger partial charge on any atom is 0.225 e. The lowest BCUT2D eigenvalue weighted by molar-refractivity contribution is -0.143. The van der Waals surface area contributed by atoms with Crippen LogP contribution in [0, 0.1) is 17.8 Å². The molecule has 2 aliphatic carbocycles. The molecule has 0 aromatic heterocycles. The molecule has 4 rings (SSSR count). The topological polar surface area (TPSA) is 78.7 Å². The number of hydrogen-bond donors (Lipinski definition) is 2. The molecule has 1 aromatic rings. The normalized spacial score (nSPS) is 25.0. The summed E-state index contributed by atoms with van der Waals surface area (Å²) in [5, 5.41) is 4.09. The molecule has 3 fully saturated rings. The van der Waals surface area contributed by atoms with Crippen molar-refractivity contribution in [3.05, 3.63) is 23.2 Å². The van der Waals surface area contributed by atoms with Crippen molar-refractivity contribution in [2.75, 3.05) is 43.8 Å². The number of piperazine rings is 1. The number of carbonyl (C=O) groups is 2. The predicted molar refractivity (Wildman–Crippen MR) is 116 cm³/mol. The molecule has 2 amide bonds. The summed E-state index contributed by atoms with van der Waals surface area (Å²) in [6.45, 7) is 3.62. The lowest BCUT2D eigenvalue weighted by atomic mass is 9.81. The molecule has 158 valence electrons. The summed E-state index contributed by atoms with van der Waals surface area (Å²) < 4.78 is 0. The Kier molecular flexibility index (Phi) is 6.18. The van der Waals surface area contributed by atoms with Crippen LogP contribution in [0.2, 0.25) is 5.02 Å². The molecule has 0 unspecified atom stereocenters. The second-order valence-corrected chi connectivity index (χ2v) is 9.19. The molecule has 0 radical (unpaired) electrons. The van der Waals surface area contributed by atoms with Crippen LogP contribution in [0.5, 0.6) is 0 Å². The first-order valence-corrected chi connectivity index (χ1v) is 11.3. The molecular formula is C22H31ClN4O2. The fraction of sp³-hybridized carbons (Fsp3) is 0.636. The van der Waals surface area contributed by atoms with E-state index in [9.17, 15) is 9.59 Å². The Morgan fingerprint density at radius 3 is 1.97 bits per heavy atom. The van der Waals surface area contributed by atoms with Gasteiger partial charge in [-0.25, -0.2) is 0 Å². The summed E-state index contributed by atoms with van der Waals surface area (Å²) >= 11 is 6.05. The molecule has 6 nitrogen and oxygen atoms in total. The van der Waals surface area contributed by atoms with Crippen molar-refractivity contribution in [1.29, 1.82) is 0 Å². The number of nitrogens with two attached hydrogens (primary N) is 1. The Bertz CT molecular complexity index is 751. The van der Waals surface area contributed by atoms with Gasteiger partial charge in [0, 0.05) is 49.6 Å². The molecular weight excluding hydrogens is 388 g/mol. The number of nitrogens with zero attached hydrogens (tertiary/aromatic N) is 2. The number of benzene rings is 1. The summed E-state index contributed by atoms with van der Waals surface area (Å²) in [6.07, 6.45) is 6.06. The van der Waals surface area contributed by atoms with Crippen LogP contribution >= 0.6 is 11.6 Å². The predicted octanol–water partition coefficient (Wildman–Crippen LogP) is 3.22. The van der Waals surface area contributed by atoms with Gasteiger partial charge in [-0.05, 0) is 62.6 Å². The van der Waals surface area contributed by atoms with E-state index in [1.165, 1.54) is 0 Å². The van der Waals surface area contributed by atoms with Gasteiger partial charge in [-0.3, -0.25) is 9.59 Å².